The van der Waals surface area contributed by atoms with Crippen LogP contribution in [0.25, 0.3) is 5.69 Å². The topological polar surface area (TPSA) is 36.9 Å². The van der Waals surface area contributed by atoms with Crippen LogP contribution in [0.5, 0.6) is 5.75 Å². The molecule has 0 saturated heterocycles. The second-order valence-electron chi connectivity index (χ2n) is 6.24. The molecule has 2 rings (SSSR count). The van der Waals surface area contributed by atoms with Crippen LogP contribution in [-0.2, 0) is 6.42 Å². The molecule has 0 unspecified atom stereocenters. The average molecular weight is 323 g/mol. The Morgan fingerprint density at radius 3 is 2.38 bits per heavy atom. The molecule has 0 atom stereocenters. The Morgan fingerprint density at radius 2 is 1.79 bits per heavy atom. The molecule has 3 nitrogen and oxygen atoms in total. The van der Waals surface area contributed by atoms with Gasteiger partial charge in [0.05, 0.1) is 6.61 Å². The maximum atomic E-state index is 9.53. The van der Waals surface area contributed by atoms with E-state index in [1.54, 1.807) is 0 Å². The van der Waals surface area contributed by atoms with Gasteiger partial charge >= 0.3 is 0 Å². The first-order chi connectivity index (χ1) is 11.5. The van der Waals surface area contributed by atoms with Crippen molar-refractivity contribution in [3.8, 4) is 17.5 Å². The summed E-state index contributed by atoms with van der Waals surface area (Å²) in [5.41, 5.74) is 7.77. The van der Waals surface area contributed by atoms with Gasteiger partial charge in [0.25, 0.3) is 0 Å². The molecule has 0 aliphatic rings. The minimum absolute atomic E-state index is 0.561. The number of ether oxygens (including phenoxy) is 1. The van der Waals surface area contributed by atoms with Crippen LogP contribution in [0.3, 0.4) is 0 Å². The smallest absolute Gasteiger partial charge is 0.215 e. The zero-order valence-corrected chi connectivity index (χ0v) is 15.7. The molecule has 1 aromatic carbocycles. The van der Waals surface area contributed by atoms with E-state index < -0.39 is 0 Å². The minimum Gasteiger partial charge on any atom is -0.492 e. The van der Waals surface area contributed by atoms with Crippen molar-refractivity contribution in [2.24, 2.45) is 0 Å². The number of nitrogens with zero attached hydrogens (tertiary/aromatic N) is 2. The van der Waals surface area contributed by atoms with Gasteiger partial charge in [-0.1, -0.05) is 13.3 Å². The monoisotopic (exact) mass is 323 g/mol. The van der Waals surface area contributed by atoms with Gasteiger partial charge in [0.1, 0.15) is 17.4 Å². The zero-order chi connectivity index (χ0) is 17.9. The lowest BCUT2D eigenvalue weighted by atomic mass is 10.00. The first-order valence-corrected chi connectivity index (χ1v) is 8.64. The predicted molar refractivity (Wildman–Crippen MR) is 96.8 cm³/mol. The second kappa shape index (κ2) is 7.49. The minimum atomic E-state index is 0.561. The molecule has 3 heteroatoms. The number of nitriles is 1. The van der Waals surface area contributed by atoms with Crippen molar-refractivity contribution in [2.45, 2.75) is 54.4 Å². The molecule has 24 heavy (non-hydrogen) atoms. The Hall–Kier alpha value is -2.34. The SMILES string of the molecule is CCCc1cc[n+](-c2cc(C#N)c(OCC)c(C)c2C)c(C)c1C. The maximum absolute atomic E-state index is 9.53. The van der Waals surface area contributed by atoms with Gasteiger partial charge in [-0.3, -0.25) is 0 Å². The Morgan fingerprint density at radius 1 is 1.08 bits per heavy atom. The average Bonchev–Trinajstić information content (AvgIpc) is 2.57. The molecule has 0 spiro atoms. The van der Waals surface area contributed by atoms with Gasteiger partial charge in [-0.15, -0.1) is 0 Å². The standard InChI is InChI=1S/C21H27N2O/c1-7-9-18-10-11-23(17(6)16(18)5)20-12-19(13-22)21(24-8-2)15(4)14(20)3/h10-12H,7-9H2,1-6H3/q+1. The van der Waals surface area contributed by atoms with Crippen LogP contribution in [0.1, 0.15) is 53.8 Å². The third kappa shape index (κ3) is 3.14. The summed E-state index contributed by atoms with van der Waals surface area (Å²) in [5.74, 6) is 0.707. The normalized spacial score (nSPS) is 10.5. The van der Waals surface area contributed by atoms with Crippen molar-refractivity contribution in [1.82, 2.24) is 0 Å². The summed E-state index contributed by atoms with van der Waals surface area (Å²) in [6, 6.07) is 6.43. The molecule has 0 bridgehead atoms. The van der Waals surface area contributed by atoms with E-state index in [9.17, 15) is 5.26 Å². The number of benzene rings is 1. The van der Waals surface area contributed by atoms with E-state index in [0.717, 1.165) is 29.7 Å². The van der Waals surface area contributed by atoms with Gasteiger partial charge in [0.15, 0.2) is 11.9 Å². The molecule has 1 heterocycles. The van der Waals surface area contributed by atoms with Crippen molar-refractivity contribution >= 4 is 0 Å². The molecule has 0 radical (unpaired) electrons. The Balaban J connectivity index is 2.68. The van der Waals surface area contributed by atoms with Gasteiger partial charge in [-0.2, -0.15) is 9.83 Å². The summed E-state index contributed by atoms with van der Waals surface area (Å²) >= 11 is 0. The molecule has 0 amide bonds. The van der Waals surface area contributed by atoms with Gasteiger partial charge in [-0.05, 0) is 39.7 Å². The lowest BCUT2D eigenvalue weighted by molar-refractivity contribution is -0.603. The summed E-state index contributed by atoms with van der Waals surface area (Å²) in [6.07, 6.45) is 4.36. The first-order valence-electron chi connectivity index (χ1n) is 8.64. The number of hydrogen-bond donors (Lipinski definition) is 0. The van der Waals surface area contributed by atoms with E-state index in [0.29, 0.717) is 17.9 Å². The summed E-state index contributed by atoms with van der Waals surface area (Å²) < 4.78 is 7.89. The van der Waals surface area contributed by atoms with Crippen molar-refractivity contribution in [3.05, 3.63) is 51.8 Å². The Bertz CT molecular complexity index is 801. The van der Waals surface area contributed by atoms with Crippen LogP contribution in [0.2, 0.25) is 0 Å². The highest BCUT2D eigenvalue weighted by atomic mass is 16.5. The van der Waals surface area contributed by atoms with Gasteiger partial charge < -0.3 is 4.74 Å². The van der Waals surface area contributed by atoms with Crippen molar-refractivity contribution in [2.75, 3.05) is 6.61 Å². The molecule has 0 fully saturated rings. The van der Waals surface area contributed by atoms with E-state index in [-0.39, 0.29) is 0 Å². The van der Waals surface area contributed by atoms with Crippen LogP contribution in [0.15, 0.2) is 18.3 Å². The highest BCUT2D eigenvalue weighted by Crippen LogP contribution is 2.29. The quantitative estimate of drug-likeness (QED) is 0.764. The van der Waals surface area contributed by atoms with Crippen molar-refractivity contribution in [3.63, 3.8) is 0 Å². The van der Waals surface area contributed by atoms with Crippen LogP contribution in [0, 0.1) is 39.0 Å². The molecule has 126 valence electrons. The summed E-state index contributed by atoms with van der Waals surface area (Å²) in [7, 11) is 0. The number of hydrogen-bond acceptors (Lipinski definition) is 2. The van der Waals surface area contributed by atoms with Gasteiger partial charge in [0, 0.05) is 35.7 Å². The number of aromatic nitrogens is 1. The number of rotatable bonds is 5. The second-order valence-corrected chi connectivity index (χ2v) is 6.24. The largest absolute Gasteiger partial charge is 0.492 e. The lowest BCUT2D eigenvalue weighted by Gasteiger charge is -2.14. The van der Waals surface area contributed by atoms with Crippen LogP contribution < -0.4 is 9.30 Å². The molecular weight excluding hydrogens is 296 g/mol. The predicted octanol–water partition coefficient (Wildman–Crippen LogP) is 4.42. The van der Waals surface area contributed by atoms with E-state index in [1.807, 2.05) is 19.9 Å². The lowest BCUT2D eigenvalue weighted by Crippen LogP contribution is -2.36. The Kier molecular flexibility index (Phi) is 5.62. The molecule has 1 aromatic heterocycles. The Labute approximate surface area is 145 Å². The van der Waals surface area contributed by atoms with Gasteiger partial charge in [0.2, 0.25) is 5.69 Å². The third-order valence-corrected chi connectivity index (χ3v) is 4.81. The van der Waals surface area contributed by atoms with E-state index in [1.165, 1.54) is 16.8 Å². The number of pyridine rings is 1. The fraction of sp³-hybridized carbons (Fsp3) is 0.429. The molecular formula is C21H27N2O+. The van der Waals surface area contributed by atoms with Crippen LogP contribution >= 0.6 is 0 Å². The zero-order valence-electron chi connectivity index (χ0n) is 15.7. The highest BCUT2D eigenvalue weighted by molar-refractivity contribution is 5.57. The van der Waals surface area contributed by atoms with Crippen LogP contribution in [0.4, 0.5) is 0 Å². The third-order valence-electron chi connectivity index (χ3n) is 4.81. The number of aryl methyl sites for hydroxylation is 1. The van der Waals surface area contributed by atoms with Crippen molar-refractivity contribution < 1.29 is 9.30 Å². The summed E-state index contributed by atoms with van der Waals surface area (Å²) in [6.45, 7) is 13.2. The molecule has 2 aromatic rings. The molecule has 0 saturated carbocycles. The summed E-state index contributed by atoms with van der Waals surface area (Å²) in [4.78, 5) is 0. The fourth-order valence-electron chi connectivity index (χ4n) is 3.15. The molecule has 0 aliphatic heterocycles. The summed E-state index contributed by atoms with van der Waals surface area (Å²) in [5, 5.41) is 9.53. The molecule has 0 N–H and O–H groups in total. The maximum Gasteiger partial charge on any atom is 0.215 e. The highest BCUT2D eigenvalue weighted by Gasteiger charge is 2.22. The van der Waals surface area contributed by atoms with E-state index >= 15 is 0 Å². The first kappa shape index (κ1) is 18.0. The fourth-order valence-corrected chi connectivity index (χ4v) is 3.15. The van der Waals surface area contributed by atoms with Crippen molar-refractivity contribution in [1.29, 1.82) is 5.26 Å². The van der Waals surface area contributed by atoms with E-state index in [4.69, 9.17) is 4.74 Å². The van der Waals surface area contributed by atoms with Gasteiger partial charge in [-0.25, -0.2) is 0 Å². The molecule has 0 aliphatic carbocycles. The van der Waals surface area contributed by atoms with E-state index in [2.05, 4.69) is 50.6 Å². The van der Waals surface area contributed by atoms with Crippen LogP contribution in [-0.4, -0.2) is 6.61 Å².